The number of rotatable bonds is 0. The molecule has 0 aromatic carbocycles. The summed E-state index contributed by atoms with van der Waals surface area (Å²) in [7, 11) is 0. The third kappa shape index (κ3) is 1.38. The molecule has 0 aliphatic carbocycles. The zero-order chi connectivity index (χ0) is 10.6. The van der Waals surface area contributed by atoms with Gasteiger partial charge in [0.15, 0.2) is 0 Å². The fourth-order valence-electron chi connectivity index (χ4n) is 2.46. The predicted octanol–water partition coefficient (Wildman–Crippen LogP) is 0.704. The van der Waals surface area contributed by atoms with E-state index in [0.29, 0.717) is 19.4 Å². The highest BCUT2D eigenvalue weighted by atomic mass is 16.3. The zero-order valence-corrected chi connectivity index (χ0v) is 9.00. The van der Waals surface area contributed by atoms with Gasteiger partial charge in [-0.3, -0.25) is 0 Å². The molecule has 4 nitrogen and oxygen atoms in total. The normalized spacial score (nSPS) is 40.7. The Morgan fingerprint density at radius 2 is 2.14 bits per heavy atom. The molecule has 0 bridgehead atoms. The van der Waals surface area contributed by atoms with Crippen LogP contribution >= 0.6 is 0 Å². The Balaban J connectivity index is 2.24. The SMILES string of the molecule is CC1(C)NC(=O)N2CC[C@](C)(O)C[C@H]21. The third-order valence-corrected chi connectivity index (χ3v) is 3.42. The van der Waals surface area contributed by atoms with Crippen molar-refractivity contribution in [3.05, 3.63) is 0 Å². The van der Waals surface area contributed by atoms with E-state index in [0.717, 1.165) is 0 Å². The molecule has 2 saturated heterocycles. The fraction of sp³-hybridized carbons (Fsp3) is 0.900. The number of nitrogens with zero attached hydrogens (tertiary/aromatic N) is 1. The van der Waals surface area contributed by atoms with Crippen LogP contribution < -0.4 is 5.32 Å². The average Bonchev–Trinajstić information content (AvgIpc) is 2.20. The van der Waals surface area contributed by atoms with Gasteiger partial charge in [0.05, 0.1) is 17.2 Å². The van der Waals surface area contributed by atoms with Crippen molar-refractivity contribution in [1.29, 1.82) is 0 Å². The number of piperidine rings is 1. The monoisotopic (exact) mass is 198 g/mol. The molecule has 0 aromatic heterocycles. The van der Waals surface area contributed by atoms with Gasteiger partial charge in [0.1, 0.15) is 0 Å². The molecular weight excluding hydrogens is 180 g/mol. The van der Waals surface area contributed by atoms with Crippen LogP contribution in [-0.2, 0) is 0 Å². The first-order valence-corrected chi connectivity index (χ1v) is 5.13. The van der Waals surface area contributed by atoms with Gasteiger partial charge in [-0.1, -0.05) is 0 Å². The van der Waals surface area contributed by atoms with Gasteiger partial charge < -0.3 is 15.3 Å². The maximum Gasteiger partial charge on any atom is 0.318 e. The second kappa shape index (κ2) is 2.63. The van der Waals surface area contributed by atoms with Gasteiger partial charge in [-0.05, 0) is 33.6 Å². The van der Waals surface area contributed by atoms with E-state index in [1.807, 2.05) is 25.7 Å². The molecule has 2 amide bonds. The van der Waals surface area contributed by atoms with Gasteiger partial charge in [0, 0.05) is 6.54 Å². The van der Waals surface area contributed by atoms with Crippen molar-refractivity contribution in [3.8, 4) is 0 Å². The number of aliphatic hydroxyl groups is 1. The Hall–Kier alpha value is -0.770. The van der Waals surface area contributed by atoms with Crippen LogP contribution in [0.4, 0.5) is 4.79 Å². The summed E-state index contributed by atoms with van der Waals surface area (Å²) < 4.78 is 0. The molecule has 80 valence electrons. The first-order chi connectivity index (χ1) is 6.32. The molecule has 4 heteroatoms. The van der Waals surface area contributed by atoms with E-state index in [1.165, 1.54) is 0 Å². The first kappa shape index (κ1) is 9.77. The topological polar surface area (TPSA) is 52.6 Å². The van der Waals surface area contributed by atoms with Gasteiger partial charge >= 0.3 is 6.03 Å². The minimum atomic E-state index is -0.620. The van der Waals surface area contributed by atoms with Crippen molar-refractivity contribution in [2.24, 2.45) is 0 Å². The number of urea groups is 1. The Bertz CT molecular complexity index is 273. The molecular formula is C10H18N2O2. The molecule has 14 heavy (non-hydrogen) atoms. The van der Waals surface area contributed by atoms with E-state index >= 15 is 0 Å². The summed E-state index contributed by atoms with van der Waals surface area (Å²) in [6.07, 6.45) is 1.34. The maximum atomic E-state index is 11.6. The van der Waals surface area contributed by atoms with Crippen molar-refractivity contribution >= 4 is 6.03 Å². The minimum absolute atomic E-state index is 0.00972. The summed E-state index contributed by atoms with van der Waals surface area (Å²) in [4.78, 5) is 13.4. The van der Waals surface area contributed by atoms with Crippen molar-refractivity contribution in [2.45, 2.75) is 50.8 Å². The molecule has 2 N–H and O–H groups in total. The summed E-state index contributed by atoms with van der Waals surface area (Å²) in [6, 6.07) is 0.134. The van der Waals surface area contributed by atoms with Crippen molar-refractivity contribution in [1.82, 2.24) is 10.2 Å². The van der Waals surface area contributed by atoms with E-state index in [1.54, 1.807) is 0 Å². The van der Waals surface area contributed by atoms with Gasteiger partial charge in [-0.25, -0.2) is 4.79 Å². The predicted molar refractivity (Wildman–Crippen MR) is 53.0 cm³/mol. The molecule has 2 heterocycles. The molecule has 0 saturated carbocycles. The Morgan fingerprint density at radius 1 is 1.50 bits per heavy atom. The van der Waals surface area contributed by atoms with Crippen LogP contribution in [0.5, 0.6) is 0 Å². The third-order valence-electron chi connectivity index (χ3n) is 3.42. The van der Waals surface area contributed by atoms with Crippen LogP contribution in [0.15, 0.2) is 0 Å². The zero-order valence-electron chi connectivity index (χ0n) is 9.00. The smallest absolute Gasteiger partial charge is 0.318 e. The maximum absolute atomic E-state index is 11.6. The van der Waals surface area contributed by atoms with Gasteiger partial charge in [0.2, 0.25) is 0 Å². The number of amides is 2. The first-order valence-electron chi connectivity index (χ1n) is 5.13. The Morgan fingerprint density at radius 3 is 2.79 bits per heavy atom. The number of hydrogen-bond donors (Lipinski definition) is 2. The number of carbonyl (C=O) groups excluding carboxylic acids is 1. The van der Waals surface area contributed by atoms with E-state index < -0.39 is 5.60 Å². The number of hydrogen-bond acceptors (Lipinski definition) is 2. The van der Waals surface area contributed by atoms with Crippen LogP contribution in [0.1, 0.15) is 33.6 Å². The number of carbonyl (C=O) groups is 1. The molecule has 2 fully saturated rings. The molecule has 0 unspecified atom stereocenters. The Kier molecular flexibility index (Phi) is 1.83. The Labute approximate surface area is 84.3 Å². The van der Waals surface area contributed by atoms with Crippen molar-refractivity contribution < 1.29 is 9.90 Å². The van der Waals surface area contributed by atoms with Gasteiger partial charge in [-0.15, -0.1) is 0 Å². The standard InChI is InChI=1S/C10H18N2O2/c1-9(2)7-6-10(3,14)4-5-12(7)8(13)11-9/h7,14H,4-6H2,1-3H3,(H,11,13)/t7-,10-/m0/s1. The van der Waals surface area contributed by atoms with Crippen LogP contribution in [0.25, 0.3) is 0 Å². The number of fused-ring (bicyclic) bond motifs is 1. The van der Waals surface area contributed by atoms with Gasteiger partial charge in [0.25, 0.3) is 0 Å². The number of nitrogens with one attached hydrogen (secondary N) is 1. The fourth-order valence-corrected chi connectivity index (χ4v) is 2.46. The summed E-state index contributed by atoms with van der Waals surface area (Å²) in [6.45, 7) is 6.53. The van der Waals surface area contributed by atoms with Crippen LogP contribution in [0.2, 0.25) is 0 Å². The van der Waals surface area contributed by atoms with E-state index in [4.69, 9.17) is 0 Å². The lowest BCUT2D eigenvalue weighted by Gasteiger charge is -2.41. The summed E-state index contributed by atoms with van der Waals surface area (Å²) in [5.41, 5.74) is -0.841. The molecule has 2 aliphatic heterocycles. The molecule has 2 aliphatic rings. The quantitative estimate of drug-likeness (QED) is 0.602. The van der Waals surface area contributed by atoms with Crippen LogP contribution in [0, 0.1) is 0 Å². The molecule has 0 radical (unpaired) electrons. The summed E-state index contributed by atoms with van der Waals surface area (Å²) in [5.74, 6) is 0. The molecule has 0 spiro atoms. The second-order valence-electron chi connectivity index (χ2n) is 5.31. The lowest BCUT2D eigenvalue weighted by Crippen LogP contribution is -2.53. The summed E-state index contributed by atoms with van der Waals surface area (Å²) >= 11 is 0. The average molecular weight is 198 g/mol. The highest BCUT2D eigenvalue weighted by Gasteiger charge is 2.50. The molecule has 0 aromatic rings. The van der Waals surface area contributed by atoms with E-state index in [2.05, 4.69) is 5.32 Å². The molecule has 2 atom stereocenters. The van der Waals surface area contributed by atoms with E-state index in [-0.39, 0.29) is 17.6 Å². The van der Waals surface area contributed by atoms with Crippen LogP contribution in [-0.4, -0.2) is 39.8 Å². The largest absolute Gasteiger partial charge is 0.390 e. The summed E-state index contributed by atoms with van der Waals surface area (Å²) in [5, 5.41) is 12.9. The second-order valence-corrected chi connectivity index (χ2v) is 5.31. The highest BCUT2D eigenvalue weighted by molar-refractivity contribution is 5.78. The van der Waals surface area contributed by atoms with Crippen LogP contribution in [0.3, 0.4) is 0 Å². The lowest BCUT2D eigenvalue weighted by molar-refractivity contribution is -0.0221. The highest BCUT2D eigenvalue weighted by Crippen LogP contribution is 2.35. The minimum Gasteiger partial charge on any atom is -0.390 e. The van der Waals surface area contributed by atoms with Crippen molar-refractivity contribution in [2.75, 3.05) is 6.54 Å². The molecule has 2 rings (SSSR count). The van der Waals surface area contributed by atoms with E-state index in [9.17, 15) is 9.90 Å². The van der Waals surface area contributed by atoms with Gasteiger partial charge in [-0.2, -0.15) is 0 Å². The van der Waals surface area contributed by atoms with Crippen molar-refractivity contribution in [3.63, 3.8) is 0 Å². The lowest BCUT2D eigenvalue weighted by atomic mass is 9.81.